The quantitative estimate of drug-likeness (QED) is 0.762. The summed E-state index contributed by atoms with van der Waals surface area (Å²) in [4.78, 5) is 20.0. The monoisotopic (exact) mass is 367 g/mol. The van der Waals surface area contributed by atoms with Crippen LogP contribution in [0.15, 0.2) is 58.3 Å². The Labute approximate surface area is 153 Å². The van der Waals surface area contributed by atoms with Crippen molar-refractivity contribution in [3.05, 3.63) is 73.8 Å². The number of nitrogens with zero attached hydrogens (tertiary/aromatic N) is 3. The second kappa shape index (κ2) is 6.68. The third-order valence-corrected chi connectivity index (χ3v) is 5.28. The number of methoxy groups -OCH3 is 1. The van der Waals surface area contributed by atoms with Crippen molar-refractivity contribution in [2.24, 2.45) is 4.99 Å². The van der Waals surface area contributed by atoms with Crippen LogP contribution in [0.5, 0.6) is 11.5 Å². The van der Waals surface area contributed by atoms with Crippen LogP contribution in [0, 0.1) is 0 Å². The first-order valence-corrected chi connectivity index (χ1v) is 8.90. The van der Waals surface area contributed by atoms with Gasteiger partial charge in [-0.1, -0.05) is 29.5 Å². The van der Waals surface area contributed by atoms with Crippen LogP contribution in [0.4, 0.5) is 5.69 Å². The standard InChI is InChI=1S/C19H17N3O3S/c1-25-15-8-6-14(7-9-15)21-11-20-19-22(12-21)18(24)17(26-19)10-13-4-2-3-5-16(13)23/h2-10,23H,11-12H2,1H3. The largest absolute Gasteiger partial charge is 0.507 e. The van der Waals surface area contributed by atoms with Gasteiger partial charge < -0.3 is 14.7 Å². The lowest BCUT2D eigenvalue weighted by Crippen LogP contribution is -2.42. The molecule has 0 bridgehead atoms. The molecule has 2 aromatic carbocycles. The minimum absolute atomic E-state index is 0.102. The van der Waals surface area contributed by atoms with E-state index < -0.39 is 0 Å². The van der Waals surface area contributed by atoms with Crippen LogP contribution in [-0.4, -0.2) is 23.5 Å². The Morgan fingerprint density at radius 3 is 2.69 bits per heavy atom. The van der Waals surface area contributed by atoms with Crippen LogP contribution in [0.1, 0.15) is 5.56 Å². The minimum Gasteiger partial charge on any atom is -0.507 e. The number of fused-ring (bicyclic) bond motifs is 1. The highest BCUT2D eigenvalue weighted by Gasteiger charge is 2.16. The van der Waals surface area contributed by atoms with E-state index in [4.69, 9.17) is 4.74 Å². The summed E-state index contributed by atoms with van der Waals surface area (Å²) in [6.07, 6.45) is 1.71. The van der Waals surface area contributed by atoms with Crippen molar-refractivity contribution < 1.29 is 9.84 Å². The Kier molecular flexibility index (Phi) is 4.22. The summed E-state index contributed by atoms with van der Waals surface area (Å²) < 4.78 is 7.40. The Morgan fingerprint density at radius 2 is 1.96 bits per heavy atom. The molecule has 0 radical (unpaired) electrons. The summed E-state index contributed by atoms with van der Waals surface area (Å²) in [5, 5.41) is 9.92. The molecule has 26 heavy (non-hydrogen) atoms. The number of rotatable bonds is 3. The zero-order valence-electron chi connectivity index (χ0n) is 14.1. The van der Waals surface area contributed by atoms with Crippen molar-refractivity contribution in [2.45, 2.75) is 6.67 Å². The van der Waals surface area contributed by atoms with Gasteiger partial charge in [0.05, 0.1) is 11.6 Å². The van der Waals surface area contributed by atoms with Gasteiger partial charge in [-0.3, -0.25) is 9.36 Å². The zero-order chi connectivity index (χ0) is 18.1. The Morgan fingerprint density at radius 1 is 1.19 bits per heavy atom. The molecule has 1 aliphatic heterocycles. The average molecular weight is 367 g/mol. The van der Waals surface area contributed by atoms with Crippen molar-refractivity contribution >= 4 is 23.1 Å². The first kappa shape index (κ1) is 16.4. The number of hydrogen-bond acceptors (Lipinski definition) is 6. The van der Waals surface area contributed by atoms with Crippen molar-refractivity contribution in [1.29, 1.82) is 0 Å². The Bertz CT molecular complexity index is 1120. The predicted molar refractivity (Wildman–Crippen MR) is 101 cm³/mol. The number of benzene rings is 2. The van der Waals surface area contributed by atoms with Crippen LogP contribution < -0.4 is 24.5 Å². The van der Waals surface area contributed by atoms with E-state index in [2.05, 4.69) is 4.99 Å². The van der Waals surface area contributed by atoms with Gasteiger partial charge in [0, 0.05) is 11.3 Å². The fraction of sp³-hybridized carbons (Fsp3) is 0.158. The van der Waals surface area contributed by atoms with Gasteiger partial charge in [0.15, 0.2) is 4.80 Å². The molecule has 0 atom stereocenters. The highest BCUT2D eigenvalue weighted by Crippen LogP contribution is 2.20. The maximum absolute atomic E-state index is 12.8. The third kappa shape index (κ3) is 2.97. The third-order valence-electron chi connectivity index (χ3n) is 4.24. The second-order valence-electron chi connectivity index (χ2n) is 5.86. The maximum Gasteiger partial charge on any atom is 0.271 e. The van der Waals surface area contributed by atoms with E-state index in [1.54, 1.807) is 36.0 Å². The zero-order valence-corrected chi connectivity index (χ0v) is 14.9. The van der Waals surface area contributed by atoms with Gasteiger partial charge in [0.25, 0.3) is 5.56 Å². The van der Waals surface area contributed by atoms with E-state index in [-0.39, 0.29) is 11.3 Å². The number of phenols is 1. The average Bonchev–Trinajstić information content (AvgIpc) is 2.99. The molecule has 0 saturated heterocycles. The molecule has 0 aliphatic carbocycles. The molecule has 2 heterocycles. The molecule has 6 nitrogen and oxygen atoms in total. The molecule has 0 saturated carbocycles. The summed E-state index contributed by atoms with van der Waals surface area (Å²) >= 11 is 1.34. The van der Waals surface area contributed by atoms with Crippen molar-refractivity contribution in [3.8, 4) is 11.5 Å². The van der Waals surface area contributed by atoms with Gasteiger partial charge in [-0.25, -0.2) is 4.99 Å². The molecule has 3 aromatic rings. The molecular formula is C19H17N3O3S. The summed E-state index contributed by atoms with van der Waals surface area (Å²) in [6.45, 7) is 0.928. The number of hydrogen-bond donors (Lipinski definition) is 1. The lowest BCUT2D eigenvalue weighted by atomic mass is 10.2. The number of phenolic OH excluding ortho intramolecular Hbond substituents is 1. The second-order valence-corrected chi connectivity index (χ2v) is 6.87. The molecule has 0 unspecified atom stereocenters. The van der Waals surface area contributed by atoms with Gasteiger partial charge in [0.1, 0.15) is 24.8 Å². The number of aromatic hydroxyl groups is 1. The molecule has 1 aromatic heterocycles. The van der Waals surface area contributed by atoms with Crippen LogP contribution in [0.25, 0.3) is 6.08 Å². The van der Waals surface area contributed by atoms with E-state index in [1.165, 1.54) is 11.3 Å². The highest BCUT2D eigenvalue weighted by atomic mass is 32.1. The number of thiazole rings is 1. The Balaban J connectivity index is 1.69. The number of para-hydroxylation sites is 1. The van der Waals surface area contributed by atoms with Crippen molar-refractivity contribution in [1.82, 2.24) is 4.57 Å². The minimum atomic E-state index is -0.102. The van der Waals surface area contributed by atoms with Gasteiger partial charge >= 0.3 is 0 Å². The predicted octanol–water partition coefficient (Wildman–Crippen LogP) is 1.51. The lowest BCUT2D eigenvalue weighted by Gasteiger charge is -2.25. The van der Waals surface area contributed by atoms with Gasteiger partial charge in [-0.2, -0.15) is 0 Å². The molecule has 1 N–H and O–H groups in total. The van der Waals surface area contributed by atoms with Crippen molar-refractivity contribution in [3.63, 3.8) is 0 Å². The summed E-state index contributed by atoms with van der Waals surface area (Å²) in [5.41, 5.74) is 1.50. The van der Waals surface area contributed by atoms with E-state index in [0.717, 1.165) is 11.4 Å². The van der Waals surface area contributed by atoms with Crippen LogP contribution in [0.3, 0.4) is 0 Å². The Hall–Kier alpha value is -3.06. The molecule has 132 valence electrons. The van der Waals surface area contributed by atoms with E-state index in [0.29, 0.717) is 28.2 Å². The lowest BCUT2D eigenvalue weighted by molar-refractivity contribution is 0.414. The number of anilines is 1. The first-order valence-electron chi connectivity index (χ1n) is 8.08. The summed E-state index contributed by atoms with van der Waals surface area (Å²) in [7, 11) is 1.63. The SMILES string of the molecule is COc1ccc(N2CN=c3sc(=Cc4ccccc4O)c(=O)n3C2)cc1. The topological polar surface area (TPSA) is 67.1 Å². The van der Waals surface area contributed by atoms with E-state index in [9.17, 15) is 9.90 Å². The summed E-state index contributed by atoms with van der Waals surface area (Å²) in [6, 6.07) is 14.6. The van der Waals surface area contributed by atoms with Crippen molar-refractivity contribution in [2.75, 3.05) is 18.7 Å². The molecule has 0 spiro atoms. The fourth-order valence-electron chi connectivity index (χ4n) is 2.82. The van der Waals surface area contributed by atoms with Crippen LogP contribution in [0.2, 0.25) is 0 Å². The van der Waals surface area contributed by atoms with Gasteiger partial charge in [-0.05, 0) is 36.4 Å². The number of aromatic nitrogens is 1. The van der Waals surface area contributed by atoms with Crippen LogP contribution >= 0.6 is 11.3 Å². The molecule has 0 fully saturated rings. The molecule has 7 heteroatoms. The number of ether oxygens (including phenoxy) is 1. The van der Waals surface area contributed by atoms with E-state index >= 15 is 0 Å². The van der Waals surface area contributed by atoms with Crippen LogP contribution in [-0.2, 0) is 6.67 Å². The maximum atomic E-state index is 12.8. The fourth-order valence-corrected chi connectivity index (χ4v) is 3.77. The normalized spacial score (nSPS) is 14.0. The first-order chi connectivity index (χ1) is 12.7. The van der Waals surface area contributed by atoms with E-state index in [1.807, 2.05) is 35.2 Å². The molecule has 1 aliphatic rings. The smallest absolute Gasteiger partial charge is 0.271 e. The van der Waals surface area contributed by atoms with Gasteiger partial charge in [-0.15, -0.1) is 0 Å². The highest BCUT2D eigenvalue weighted by molar-refractivity contribution is 7.07. The molecular weight excluding hydrogens is 350 g/mol. The summed E-state index contributed by atoms with van der Waals surface area (Å²) in [5.74, 6) is 0.940. The molecule has 4 rings (SSSR count). The van der Waals surface area contributed by atoms with Gasteiger partial charge in [0.2, 0.25) is 0 Å². The molecule has 0 amide bonds.